The number of allylic oxidation sites excluding steroid dienone is 1. The highest BCUT2D eigenvalue weighted by Crippen LogP contribution is 2.21. The molecule has 1 fully saturated rings. The van der Waals surface area contributed by atoms with Crippen molar-refractivity contribution >= 4 is 17.4 Å². The van der Waals surface area contributed by atoms with E-state index in [0.717, 1.165) is 18.7 Å². The van der Waals surface area contributed by atoms with Gasteiger partial charge in [-0.25, -0.2) is 0 Å². The molecule has 24 heavy (non-hydrogen) atoms. The third-order valence-corrected chi connectivity index (χ3v) is 3.81. The van der Waals surface area contributed by atoms with Crippen LogP contribution in [0.1, 0.15) is 31.6 Å². The van der Waals surface area contributed by atoms with Crippen molar-refractivity contribution in [2.75, 3.05) is 19.7 Å². The van der Waals surface area contributed by atoms with E-state index in [-0.39, 0.29) is 27.9 Å². The minimum atomic E-state index is -0.661. The van der Waals surface area contributed by atoms with E-state index in [9.17, 15) is 4.48 Å². The molecule has 132 valence electrons. The first-order valence-corrected chi connectivity index (χ1v) is 8.06. The minimum Gasteiger partial charge on any atom is -0.401 e. The van der Waals surface area contributed by atoms with Crippen molar-refractivity contribution in [1.29, 1.82) is 5.41 Å². The number of ether oxygens (including phenoxy) is 1. The molecule has 2 rings (SSSR count). The van der Waals surface area contributed by atoms with Gasteiger partial charge in [0.15, 0.2) is 5.75 Å². The zero-order valence-corrected chi connectivity index (χ0v) is 14.1. The van der Waals surface area contributed by atoms with Gasteiger partial charge in [-0.3, -0.25) is 10.4 Å². The molecule has 7 nitrogen and oxygen atoms in total. The maximum absolute atomic E-state index is 13.9. The topological polar surface area (TPSA) is 96.5 Å². The van der Waals surface area contributed by atoms with Crippen molar-refractivity contribution in [1.82, 2.24) is 15.6 Å². The predicted octanol–water partition coefficient (Wildman–Crippen LogP) is 2.41. The highest BCUT2D eigenvalue weighted by Gasteiger charge is 2.19. The zero-order chi connectivity index (χ0) is 17.5. The lowest BCUT2D eigenvalue weighted by atomic mass is 10.2. The Hall–Kier alpha value is -1.90. The number of nitrogens with two attached hydrogens (primary N) is 1. The number of aromatic nitrogens is 1. The van der Waals surface area contributed by atoms with E-state index in [2.05, 4.69) is 10.3 Å². The van der Waals surface area contributed by atoms with Gasteiger partial charge in [0, 0.05) is 18.8 Å². The van der Waals surface area contributed by atoms with Crippen LogP contribution in [-0.4, -0.2) is 35.8 Å². The number of morpholine rings is 1. The van der Waals surface area contributed by atoms with Crippen LogP contribution in [0.4, 0.5) is 4.48 Å². The maximum Gasteiger partial charge on any atom is 0.213 e. The molecule has 1 unspecified atom stereocenters. The Balaban J connectivity index is 1.97. The van der Waals surface area contributed by atoms with E-state index in [1.807, 2.05) is 6.92 Å². The fourth-order valence-corrected chi connectivity index (χ4v) is 2.30. The lowest BCUT2D eigenvalue weighted by molar-refractivity contribution is -0.139. The summed E-state index contributed by atoms with van der Waals surface area (Å²) in [6.07, 6.45) is 2.44. The second-order valence-electron chi connectivity index (χ2n) is 5.26. The van der Waals surface area contributed by atoms with Crippen LogP contribution in [0.5, 0.6) is 5.75 Å². The molecule has 2 heterocycles. The number of nitrogens with one attached hydrogen (secondary N) is 2. The molecule has 1 saturated heterocycles. The first-order valence-electron chi connectivity index (χ1n) is 7.68. The Morgan fingerprint density at radius 1 is 1.62 bits per heavy atom. The first-order chi connectivity index (χ1) is 11.5. The van der Waals surface area contributed by atoms with Crippen molar-refractivity contribution in [2.24, 2.45) is 5.73 Å². The molecule has 0 aliphatic carbocycles. The number of pyridine rings is 1. The molecule has 0 aromatic carbocycles. The van der Waals surface area contributed by atoms with Gasteiger partial charge in [0.05, 0.1) is 18.5 Å². The molecule has 1 aliphatic heterocycles. The molecule has 4 N–H and O–H groups in total. The summed E-state index contributed by atoms with van der Waals surface area (Å²) in [5, 5.41) is 10.5. The number of hydrogen-bond donors (Lipinski definition) is 3. The van der Waals surface area contributed by atoms with Crippen molar-refractivity contribution in [3.8, 4) is 5.75 Å². The van der Waals surface area contributed by atoms with Gasteiger partial charge in [0.2, 0.25) is 5.84 Å². The van der Waals surface area contributed by atoms with Gasteiger partial charge in [-0.2, -0.15) is 0 Å². The number of nitrogens with zero attached hydrogens (tertiary/aromatic N) is 2. The Labute approximate surface area is 145 Å². The largest absolute Gasteiger partial charge is 0.401 e. The summed E-state index contributed by atoms with van der Waals surface area (Å²) in [4.78, 5) is 9.12. The summed E-state index contributed by atoms with van der Waals surface area (Å²) >= 11 is 5.88. The summed E-state index contributed by atoms with van der Waals surface area (Å²) < 4.78 is 19.5. The first kappa shape index (κ1) is 18.4. The average molecular weight is 358 g/mol. The van der Waals surface area contributed by atoms with Crippen molar-refractivity contribution < 1.29 is 14.1 Å². The summed E-state index contributed by atoms with van der Waals surface area (Å²) in [7, 11) is 0. The standard InChI is InChI=1S/C15H21ClFN5O2/c1-2-3-11(18)14(16)15(19)22(17)24-10-4-5-12(21-8-10)13-9-20-6-7-23-13/h4-5,8,13,19-20H,2-3,6-7,9,18H2,1H3. The van der Waals surface area contributed by atoms with Crippen LogP contribution < -0.4 is 15.9 Å². The summed E-state index contributed by atoms with van der Waals surface area (Å²) in [5.41, 5.74) is 6.65. The maximum atomic E-state index is 13.9. The normalized spacial score (nSPS) is 18.7. The Bertz CT molecular complexity index is 590. The van der Waals surface area contributed by atoms with Gasteiger partial charge >= 0.3 is 0 Å². The molecule has 0 bridgehead atoms. The fourth-order valence-electron chi connectivity index (χ4n) is 2.14. The summed E-state index contributed by atoms with van der Waals surface area (Å²) in [6.45, 7) is 4.00. The third-order valence-electron chi connectivity index (χ3n) is 3.39. The van der Waals surface area contributed by atoms with Crippen LogP contribution in [-0.2, 0) is 4.74 Å². The SMILES string of the molecule is CCCC(N)=C(Cl)C(=N)N(F)Oc1ccc(C2CNCCO2)nc1. The molecule has 1 aliphatic rings. The number of hydroxylamine groups is 1. The van der Waals surface area contributed by atoms with Crippen molar-refractivity contribution in [3.05, 3.63) is 34.8 Å². The Morgan fingerprint density at radius 2 is 2.42 bits per heavy atom. The van der Waals surface area contributed by atoms with E-state index in [1.165, 1.54) is 6.20 Å². The number of rotatable bonds is 6. The number of halogens is 2. The molecular weight excluding hydrogens is 337 g/mol. The van der Waals surface area contributed by atoms with Crippen molar-refractivity contribution in [2.45, 2.75) is 25.9 Å². The lowest BCUT2D eigenvalue weighted by Crippen LogP contribution is -2.33. The van der Waals surface area contributed by atoms with E-state index in [0.29, 0.717) is 19.6 Å². The molecule has 9 heteroatoms. The average Bonchev–Trinajstić information content (AvgIpc) is 2.62. The van der Waals surface area contributed by atoms with Crippen LogP contribution in [0, 0.1) is 5.41 Å². The van der Waals surface area contributed by atoms with Crippen LogP contribution >= 0.6 is 11.6 Å². The lowest BCUT2D eigenvalue weighted by Gasteiger charge is -2.23. The van der Waals surface area contributed by atoms with E-state index in [1.54, 1.807) is 12.1 Å². The summed E-state index contributed by atoms with van der Waals surface area (Å²) in [6, 6.07) is 3.24. The quantitative estimate of drug-likeness (QED) is 0.313. The van der Waals surface area contributed by atoms with Gasteiger partial charge in [-0.15, -0.1) is 0 Å². The molecule has 0 radical (unpaired) electrons. The zero-order valence-electron chi connectivity index (χ0n) is 13.4. The highest BCUT2D eigenvalue weighted by molar-refractivity contribution is 6.42. The molecule has 0 amide bonds. The van der Waals surface area contributed by atoms with E-state index < -0.39 is 5.84 Å². The molecule has 1 aromatic rings. The summed E-state index contributed by atoms with van der Waals surface area (Å²) in [5.74, 6) is -0.528. The monoisotopic (exact) mass is 357 g/mol. The van der Waals surface area contributed by atoms with Gasteiger partial charge < -0.3 is 20.6 Å². The number of amidine groups is 1. The Kier molecular flexibility index (Phi) is 6.77. The van der Waals surface area contributed by atoms with Gasteiger partial charge in [-0.05, 0) is 23.8 Å². The fraction of sp³-hybridized carbons (Fsp3) is 0.467. The molecule has 0 saturated carbocycles. The van der Waals surface area contributed by atoms with Crippen molar-refractivity contribution in [3.63, 3.8) is 0 Å². The molecule has 0 spiro atoms. The molecular formula is C15H21ClFN5O2. The van der Waals surface area contributed by atoms with Crippen LogP contribution in [0.2, 0.25) is 0 Å². The molecule has 1 aromatic heterocycles. The minimum absolute atomic E-state index is 0.133. The van der Waals surface area contributed by atoms with Crippen LogP contribution in [0.15, 0.2) is 29.1 Å². The third kappa shape index (κ3) is 4.80. The Morgan fingerprint density at radius 3 is 3.00 bits per heavy atom. The van der Waals surface area contributed by atoms with Gasteiger partial charge in [0.25, 0.3) is 0 Å². The van der Waals surface area contributed by atoms with E-state index >= 15 is 0 Å². The second-order valence-corrected chi connectivity index (χ2v) is 5.63. The number of hydrogen-bond acceptors (Lipinski definition) is 6. The highest BCUT2D eigenvalue weighted by atomic mass is 35.5. The van der Waals surface area contributed by atoms with E-state index in [4.69, 9.17) is 32.3 Å². The van der Waals surface area contributed by atoms with Crippen LogP contribution in [0.3, 0.4) is 0 Å². The van der Waals surface area contributed by atoms with Gasteiger partial charge in [0.1, 0.15) is 11.1 Å². The second kappa shape index (κ2) is 8.81. The predicted molar refractivity (Wildman–Crippen MR) is 89.1 cm³/mol. The van der Waals surface area contributed by atoms with Crippen LogP contribution in [0.25, 0.3) is 0 Å². The smallest absolute Gasteiger partial charge is 0.213 e. The van der Waals surface area contributed by atoms with Gasteiger partial charge in [-0.1, -0.05) is 29.4 Å². The molecule has 1 atom stereocenters.